The first-order chi connectivity index (χ1) is 14.1. The number of nitrogens with zero attached hydrogens (tertiary/aromatic N) is 5. The number of hydrogen-bond acceptors (Lipinski definition) is 5. The maximum absolute atomic E-state index is 13.0. The van der Waals surface area contributed by atoms with Crippen LogP contribution in [0.3, 0.4) is 0 Å². The fourth-order valence-corrected chi connectivity index (χ4v) is 4.15. The van der Waals surface area contributed by atoms with E-state index in [9.17, 15) is 9.90 Å². The standard InChI is InChI=1S/C22H21N5O2/c1-26-13-25-19-9-15(10-24-21(19)26)22(29)27-11-16(20(28)12-27)8-14-6-7-23-18-5-3-2-4-17(14)18/h2-7,9-10,13,16,20,28H,8,11-12H2,1H3/t16-,20+/m1/s1. The summed E-state index contributed by atoms with van der Waals surface area (Å²) in [4.78, 5) is 27.7. The Balaban J connectivity index is 1.36. The van der Waals surface area contributed by atoms with Gasteiger partial charge in [-0.05, 0) is 30.2 Å². The van der Waals surface area contributed by atoms with Crippen LogP contribution in [0.2, 0.25) is 0 Å². The van der Waals surface area contributed by atoms with Crippen LogP contribution in [-0.2, 0) is 13.5 Å². The van der Waals surface area contributed by atoms with E-state index in [0.29, 0.717) is 30.6 Å². The second-order valence-electron chi connectivity index (χ2n) is 7.65. The molecule has 3 aromatic heterocycles. The molecule has 4 heterocycles. The lowest BCUT2D eigenvalue weighted by Crippen LogP contribution is -2.29. The normalized spacial score (nSPS) is 19.3. The minimum Gasteiger partial charge on any atom is -0.391 e. The van der Waals surface area contributed by atoms with E-state index in [4.69, 9.17) is 0 Å². The van der Waals surface area contributed by atoms with Gasteiger partial charge in [0.2, 0.25) is 0 Å². The van der Waals surface area contributed by atoms with Crippen LogP contribution in [0.1, 0.15) is 15.9 Å². The van der Waals surface area contributed by atoms with Gasteiger partial charge < -0.3 is 14.6 Å². The predicted octanol–water partition coefficient (Wildman–Crippen LogP) is 2.19. The van der Waals surface area contributed by atoms with Crippen molar-refractivity contribution in [2.75, 3.05) is 13.1 Å². The molecule has 1 aliphatic heterocycles. The first-order valence-electron chi connectivity index (χ1n) is 9.67. The number of pyridine rings is 2. The van der Waals surface area contributed by atoms with Crippen molar-refractivity contribution in [3.8, 4) is 0 Å². The lowest BCUT2D eigenvalue weighted by molar-refractivity contribution is 0.0764. The molecule has 1 aliphatic rings. The van der Waals surface area contributed by atoms with E-state index in [0.717, 1.165) is 22.1 Å². The zero-order chi connectivity index (χ0) is 20.0. The van der Waals surface area contributed by atoms with E-state index in [1.807, 2.05) is 35.9 Å². The van der Waals surface area contributed by atoms with E-state index >= 15 is 0 Å². The fraction of sp³-hybridized carbons (Fsp3) is 0.273. The van der Waals surface area contributed by atoms with E-state index < -0.39 is 6.10 Å². The molecule has 1 fully saturated rings. The highest BCUT2D eigenvalue weighted by molar-refractivity contribution is 5.96. The summed E-state index contributed by atoms with van der Waals surface area (Å²) in [6, 6.07) is 11.8. The Morgan fingerprint density at radius 2 is 2.00 bits per heavy atom. The molecule has 146 valence electrons. The first-order valence-corrected chi connectivity index (χ1v) is 9.67. The molecule has 4 aromatic rings. The highest BCUT2D eigenvalue weighted by Crippen LogP contribution is 2.26. The average molecular weight is 387 g/mol. The zero-order valence-corrected chi connectivity index (χ0v) is 16.1. The zero-order valence-electron chi connectivity index (χ0n) is 16.1. The van der Waals surface area contributed by atoms with Crippen LogP contribution in [0.5, 0.6) is 0 Å². The number of β-amino-alcohol motifs (C(OH)–C–C–N with tert-alkyl or cyclic N) is 1. The number of aliphatic hydroxyl groups excluding tert-OH is 1. The van der Waals surface area contributed by atoms with Crippen molar-refractivity contribution in [1.29, 1.82) is 0 Å². The Morgan fingerprint density at radius 3 is 2.90 bits per heavy atom. The summed E-state index contributed by atoms with van der Waals surface area (Å²) in [6.45, 7) is 0.837. The number of aliphatic hydroxyl groups is 1. The van der Waals surface area contributed by atoms with Crippen LogP contribution in [0.4, 0.5) is 0 Å². The van der Waals surface area contributed by atoms with Crippen molar-refractivity contribution in [2.45, 2.75) is 12.5 Å². The number of aromatic nitrogens is 4. The Morgan fingerprint density at radius 1 is 1.14 bits per heavy atom. The van der Waals surface area contributed by atoms with Gasteiger partial charge >= 0.3 is 0 Å². The third-order valence-corrected chi connectivity index (χ3v) is 5.71. The maximum atomic E-state index is 13.0. The van der Waals surface area contributed by atoms with Gasteiger partial charge in [-0.1, -0.05) is 18.2 Å². The number of imidazole rings is 1. The van der Waals surface area contributed by atoms with Crippen LogP contribution in [0.25, 0.3) is 22.1 Å². The SMILES string of the molecule is Cn1cnc2cc(C(=O)N3C[C@@H](Cc4ccnc5ccccc45)[C@@H](O)C3)cnc21. The van der Waals surface area contributed by atoms with Gasteiger partial charge in [-0.2, -0.15) is 0 Å². The number of benzene rings is 1. The lowest BCUT2D eigenvalue weighted by Gasteiger charge is -2.16. The number of amides is 1. The van der Waals surface area contributed by atoms with Crippen molar-refractivity contribution in [1.82, 2.24) is 24.4 Å². The molecule has 0 aliphatic carbocycles. The topological polar surface area (TPSA) is 84.1 Å². The average Bonchev–Trinajstić information content (AvgIpc) is 3.30. The lowest BCUT2D eigenvalue weighted by atomic mass is 9.94. The number of rotatable bonds is 3. The van der Waals surface area contributed by atoms with Crippen LogP contribution < -0.4 is 0 Å². The molecule has 2 atom stereocenters. The summed E-state index contributed by atoms with van der Waals surface area (Å²) >= 11 is 0. The number of hydrogen-bond donors (Lipinski definition) is 1. The van der Waals surface area contributed by atoms with Gasteiger partial charge in [0.15, 0.2) is 5.65 Å². The minimum atomic E-state index is -0.558. The molecule has 5 rings (SSSR count). The number of fused-ring (bicyclic) bond motifs is 2. The summed E-state index contributed by atoms with van der Waals surface area (Å²) in [6.07, 6.45) is 5.21. The van der Waals surface area contributed by atoms with Gasteiger partial charge in [0.25, 0.3) is 5.91 Å². The van der Waals surface area contributed by atoms with Gasteiger partial charge in [0.1, 0.15) is 5.52 Å². The molecule has 1 aromatic carbocycles. The summed E-state index contributed by atoms with van der Waals surface area (Å²) in [5.41, 5.74) is 4.02. The van der Waals surface area contributed by atoms with Crippen molar-refractivity contribution >= 4 is 28.0 Å². The van der Waals surface area contributed by atoms with Gasteiger partial charge in [0.05, 0.1) is 23.5 Å². The van der Waals surface area contributed by atoms with Crippen LogP contribution in [0, 0.1) is 5.92 Å². The number of likely N-dealkylation sites (tertiary alicyclic amines) is 1. The molecule has 1 amide bonds. The number of carbonyl (C=O) groups excluding carboxylic acids is 1. The molecular weight excluding hydrogens is 366 g/mol. The van der Waals surface area contributed by atoms with Crippen molar-refractivity contribution in [3.63, 3.8) is 0 Å². The number of aryl methyl sites for hydroxylation is 1. The molecule has 0 saturated carbocycles. The van der Waals surface area contributed by atoms with E-state index in [-0.39, 0.29) is 11.8 Å². The highest BCUT2D eigenvalue weighted by Gasteiger charge is 2.34. The minimum absolute atomic E-state index is 0.0173. The van der Waals surface area contributed by atoms with Crippen molar-refractivity contribution in [2.24, 2.45) is 13.0 Å². The Hall–Kier alpha value is -3.32. The van der Waals surface area contributed by atoms with Crippen LogP contribution >= 0.6 is 0 Å². The second-order valence-corrected chi connectivity index (χ2v) is 7.65. The molecule has 1 N–H and O–H groups in total. The van der Waals surface area contributed by atoms with E-state index in [1.165, 1.54) is 0 Å². The molecule has 0 unspecified atom stereocenters. The van der Waals surface area contributed by atoms with E-state index in [2.05, 4.69) is 21.0 Å². The summed E-state index contributed by atoms with van der Waals surface area (Å²) < 4.78 is 1.82. The molecule has 7 nitrogen and oxygen atoms in total. The number of para-hydroxylation sites is 1. The molecule has 0 bridgehead atoms. The third kappa shape index (κ3) is 3.13. The van der Waals surface area contributed by atoms with Gasteiger partial charge in [0, 0.05) is 43.8 Å². The molecule has 0 radical (unpaired) electrons. The summed E-state index contributed by atoms with van der Waals surface area (Å²) in [5.74, 6) is -0.137. The monoisotopic (exact) mass is 387 g/mol. The smallest absolute Gasteiger partial charge is 0.255 e. The van der Waals surface area contributed by atoms with Gasteiger partial charge in [-0.3, -0.25) is 9.78 Å². The third-order valence-electron chi connectivity index (χ3n) is 5.71. The Kier molecular flexibility index (Phi) is 4.24. The Labute approximate surface area is 167 Å². The molecular formula is C22H21N5O2. The van der Waals surface area contributed by atoms with Crippen LogP contribution in [0.15, 0.2) is 55.1 Å². The predicted molar refractivity (Wildman–Crippen MR) is 109 cm³/mol. The van der Waals surface area contributed by atoms with Crippen LogP contribution in [-0.4, -0.2) is 54.6 Å². The quantitative estimate of drug-likeness (QED) is 0.583. The summed E-state index contributed by atoms with van der Waals surface area (Å²) in [7, 11) is 1.87. The van der Waals surface area contributed by atoms with Crippen molar-refractivity contribution < 1.29 is 9.90 Å². The van der Waals surface area contributed by atoms with Gasteiger partial charge in [-0.15, -0.1) is 0 Å². The molecule has 29 heavy (non-hydrogen) atoms. The Bertz CT molecular complexity index is 1210. The summed E-state index contributed by atoms with van der Waals surface area (Å²) in [5, 5.41) is 11.7. The fourth-order valence-electron chi connectivity index (χ4n) is 4.15. The molecule has 7 heteroatoms. The maximum Gasteiger partial charge on any atom is 0.255 e. The highest BCUT2D eigenvalue weighted by atomic mass is 16.3. The second kappa shape index (κ2) is 6.93. The molecule has 0 spiro atoms. The van der Waals surface area contributed by atoms with Crippen molar-refractivity contribution in [3.05, 3.63) is 66.2 Å². The van der Waals surface area contributed by atoms with E-state index in [1.54, 1.807) is 29.7 Å². The van der Waals surface area contributed by atoms with Gasteiger partial charge in [-0.25, -0.2) is 9.97 Å². The molecule has 1 saturated heterocycles. The first kappa shape index (κ1) is 17.8. The largest absolute Gasteiger partial charge is 0.391 e. The number of carbonyl (C=O) groups is 1.